The Morgan fingerprint density at radius 3 is 2.48 bits per heavy atom. The Morgan fingerprint density at radius 1 is 1.29 bits per heavy atom. The Bertz CT molecular complexity index is 330. The molecule has 0 bridgehead atoms. The molecule has 2 unspecified atom stereocenters. The largest absolute Gasteiger partial charge is 0.314 e. The highest BCUT2D eigenvalue weighted by Gasteiger charge is 2.30. The van der Waals surface area contributed by atoms with Crippen molar-refractivity contribution in [1.29, 1.82) is 0 Å². The SMILES string of the molecule is CC(C)=C[SiH](CCCC1CNCCN1C(C)(C)C)[SiH](C)C. The van der Waals surface area contributed by atoms with Crippen LogP contribution in [-0.2, 0) is 0 Å². The normalized spacial score (nSPS) is 22.4. The van der Waals surface area contributed by atoms with Crippen molar-refractivity contribution in [2.75, 3.05) is 19.6 Å². The molecule has 0 aromatic carbocycles. The fraction of sp³-hybridized carbons (Fsp3) is 0.882. The Kier molecular flexibility index (Phi) is 7.89. The van der Waals surface area contributed by atoms with Crippen molar-refractivity contribution in [3.05, 3.63) is 11.3 Å². The second-order valence-corrected chi connectivity index (χ2v) is 19.6. The van der Waals surface area contributed by atoms with Crippen LogP contribution in [0.25, 0.3) is 0 Å². The minimum atomic E-state index is -0.561. The zero-order chi connectivity index (χ0) is 16.0. The maximum absolute atomic E-state index is 3.60. The molecule has 0 radical (unpaired) electrons. The summed E-state index contributed by atoms with van der Waals surface area (Å²) in [5.74, 6) is 0. The van der Waals surface area contributed by atoms with Crippen LogP contribution < -0.4 is 5.32 Å². The van der Waals surface area contributed by atoms with Crippen LogP contribution in [0.4, 0.5) is 0 Å². The maximum Gasteiger partial charge on any atom is 0.0516 e. The van der Waals surface area contributed by atoms with E-state index in [0.717, 1.165) is 12.6 Å². The van der Waals surface area contributed by atoms with Crippen molar-refractivity contribution in [2.45, 2.75) is 78.2 Å². The molecule has 1 aliphatic heterocycles. The van der Waals surface area contributed by atoms with Crippen LogP contribution in [-0.4, -0.2) is 52.7 Å². The zero-order valence-electron chi connectivity index (χ0n) is 15.5. The monoisotopic (exact) mass is 326 g/mol. The van der Waals surface area contributed by atoms with Gasteiger partial charge in [-0.1, -0.05) is 31.1 Å². The van der Waals surface area contributed by atoms with E-state index < -0.39 is 16.6 Å². The first-order valence-electron chi connectivity index (χ1n) is 8.84. The average Bonchev–Trinajstić information content (AvgIpc) is 2.36. The molecule has 21 heavy (non-hydrogen) atoms. The third-order valence-electron chi connectivity index (χ3n) is 4.69. The van der Waals surface area contributed by atoms with Crippen molar-refractivity contribution in [3.8, 4) is 0 Å². The molecule has 0 aromatic heterocycles. The van der Waals surface area contributed by atoms with Gasteiger partial charge in [-0.25, -0.2) is 0 Å². The highest BCUT2D eigenvalue weighted by Crippen LogP contribution is 2.22. The first-order valence-corrected chi connectivity index (χ1v) is 15.3. The Labute approximate surface area is 136 Å². The molecule has 0 aliphatic carbocycles. The Balaban J connectivity index is 2.50. The van der Waals surface area contributed by atoms with Crippen molar-refractivity contribution in [1.82, 2.24) is 10.2 Å². The number of piperazine rings is 1. The quantitative estimate of drug-likeness (QED) is 0.754. The van der Waals surface area contributed by atoms with E-state index in [1.54, 1.807) is 5.57 Å². The minimum Gasteiger partial charge on any atom is -0.314 e. The zero-order valence-corrected chi connectivity index (χ0v) is 17.8. The van der Waals surface area contributed by atoms with E-state index in [0.29, 0.717) is 5.54 Å². The molecule has 1 rings (SSSR count). The van der Waals surface area contributed by atoms with Crippen molar-refractivity contribution < 1.29 is 0 Å². The molecule has 0 saturated carbocycles. The lowest BCUT2D eigenvalue weighted by Gasteiger charge is -2.45. The first kappa shape index (κ1) is 19.1. The van der Waals surface area contributed by atoms with Gasteiger partial charge in [0.15, 0.2) is 0 Å². The van der Waals surface area contributed by atoms with Crippen molar-refractivity contribution in [2.24, 2.45) is 0 Å². The highest BCUT2D eigenvalue weighted by molar-refractivity contribution is 7.23. The molecule has 1 heterocycles. The summed E-state index contributed by atoms with van der Waals surface area (Å²) in [4.78, 5) is 2.73. The Hall–Kier alpha value is 0.0938. The number of nitrogens with one attached hydrogen (secondary N) is 1. The predicted molar refractivity (Wildman–Crippen MR) is 103 cm³/mol. The molecule has 1 fully saturated rings. The standard InChI is InChI=1S/C17H38N2Si2/c1-15(2)14-21(20(6)7)12-8-9-16-13-18-10-11-19(16)17(3,4)5/h14,16,18,20-21H,8-13H2,1-7H3. The van der Waals surface area contributed by atoms with Gasteiger partial charge in [0, 0.05) is 39.5 Å². The van der Waals surface area contributed by atoms with Crippen LogP contribution in [0, 0.1) is 0 Å². The van der Waals surface area contributed by atoms with Crippen LogP contribution in [0.3, 0.4) is 0 Å². The number of allylic oxidation sites excluding steroid dienone is 1. The van der Waals surface area contributed by atoms with Gasteiger partial charge in [0.05, 0.1) is 8.31 Å². The molecule has 2 atom stereocenters. The van der Waals surface area contributed by atoms with Gasteiger partial charge in [-0.05, 0) is 41.0 Å². The van der Waals surface area contributed by atoms with Crippen LogP contribution in [0.2, 0.25) is 19.1 Å². The predicted octanol–water partition coefficient (Wildman–Crippen LogP) is 3.14. The molecule has 4 heteroatoms. The molecule has 124 valence electrons. The van der Waals surface area contributed by atoms with E-state index in [1.807, 2.05) is 0 Å². The summed E-state index contributed by atoms with van der Waals surface area (Å²) in [6.45, 7) is 20.3. The lowest BCUT2D eigenvalue weighted by atomic mass is 9.98. The lowest BCUT2D eigenvalue weighted by Crippen LogP contribution is -2.58. The summed E-state index contributed by atoms with van der Waals surface area (Å²) >= 11 is 0. The minimum absolute atomic E-state index is 0.316. The van der Waals surface area contributed by atoms with Crippen molar-refractivity contribution >= 4 is 16.6 Å². The summed E-state index contributed by atoms with van der Waals surface area (Å²) in [5.41, 5.74) is 4.55. The summed E-state index contributed by atoms with van der Waals surface area (Å²) in [6, 6.07) is 2.28. The average molecular weight is 327 g/mol. The molecular weight excluding hydrogens is 288 g/mol. The maximum atomic E-state index is 3.60. The molecule has 0 spiro atoms. The van der Waals surface area contributed by atoms with Crippen LogP contribution in [0.5, 0.6) is 0 Å². The van der Waals surface area contributed by atoms with E-state index in [-0.39, 0.29) is 0 Å². The number of nitrogens with zero attached hydrogens (tertiary/aromatic N) is 1. The molecule has 1 N–H and O–H groups in total. The number of hydrogen-bond donors (Lipinski definition) is 1. The van der Waals surface area contributed by atoms with E-state index in [9.17, 15) is 0 Å². The molecule has 0 aromatic rings. The second-order valence-electron chi connectivity index (χ2n) is 8.30. The highest BCUT2D eigenvalue weighted by atomic mass is 29.2. The molecule has 1 aliphatic rings. The van der Waals surface area contributed by atoms with Gasteiger partial charge in [0.2, 0.25) is 0 Å². The molecule has 1 saturated heterocycles. The molecule has 2 nitrogen and oxygen atoms in total. The smallest absolute Gasteiger partial charge is 0.0516 e. The number of rotatable bonds is 6. The van der Waals surface area contributed by atoms with Gasteiger partial charge in [-0.15, -0.1) is 5.70 Å². The number of hydrogen-bond acceptors (Lipinski definition) is 2. The van der Waals surface area contributed by atoms with Crippen molar-refractivity contribution in [3.63, 3.8) is 0 Å². The first-order chi connectivity index (χ1) is 9.71. The third kappa shape index (κ3) is 6.80. The second kappa shape index (κ2) is 8.65. The topological polar surface area (TPSA) is 15.3 Å². The van der Waals surface area contributed by atoms with E-state index in [2.05, 4.69) is 63.6 Å². The van der Waals surface area contributed by atoms with E-state index in [4.69, 9.17) is 0 Å². The Morgan fingerprint density at radius 2 is 1.95 bits per heavy atom. The summed E-state index contributed by atoms with van der Waals surface area (Å²) < 4.78 is 0. The summed E-state index contributed by atoms with van der Waals surface area (Å²) in [5, 5.41) is 3.60. The van der Waals surface area contributed by atoms with Gasteiger partial charge in [-0.2, -0.15) is 0 Å². The van der Waals surface area contributed by atoms with Gasteiger partial charge >= 0.3 is 0 Å². The van der Waals surface area contributed by atoms with Crippen LogP contribution in [0.15, 0.2) is 11.3 Å². The fourth-order valence-corrected chi connectivity index (χ4v) is 11.3. The van der Waals surface area contributed by atoms with Gasteiger partial charge in [0.1, 0.15) is 0 Å². The van der Waals surface area contributed by atoms with Gasteiger partial charge in [-0.3, -0.25) is 4.90 Å². The molecule has 0 amide bonds. The fourth-order valence-electron chi connectivity index (χ4n) is 3.53. The summed E-state index contributed by atoms with van der Waals surface area (Å²) in [7, 11) is -0.993. The van der Waals surface area contributed by atoms with E-state index >= 15 is 0 Å². The molecular formula is C17H38N2Si2. The summed E-state index contributed by atoms with van der Waals surface area (Å²) in [6.07, 6.45) is 2.82. The van der Waals surface area contributed by atoms with Crippen LogP contribution >= 0.6 is 0 Å². The van der Waals surface area contributed by atoms with Crippen LogP contribution in [0.1, 0.15) is 47.5 Å². The van der Waals surface area contributed by atoms with Gasteiger partial charge < -0.3 is 5.32 Å². The lowest BCUT2D eigenvalue weighted by molar-refractivity contribution is 0.0564. The third-order valence-corrected chi connectivity index (χ3v) is 15.3. The van der Waals surface area contributed by atoms with Gasteiger partial charge in [0.25, 0.3) is 0 Å². The van der Waals surface area contributed by atoms with E-state index in [1.165, 1.54) is 32.0 Å².